The van der Waals surface area contributed by atoms with E-state index in [0.717, 1.165) is 18.7 Å². The van der Waals surface area contributed by atoms with E-state index in [9.17, 15) is 9.59 Å². The molecule has 0 bridgehead atoms. The molecule has 0 radical (unpaired) electrons. The highest BCUT2D eigenvalue weighted by atomic mass is 16.2. The summed E-state index contributed by atoms with van der Waals surface area (Å²) in [5.41, 5.74) is 1.39. The smallest absolute Gasteiger partial charge is 0.226 e. The topological polar surface area (TPSA) is 49.4 Å². The summed E-state index contributed by atoms with van der Waals surface area (Å²) >= 11 is 0. The molecule has 0 fully saturated rings. The normalized spacial score (nSPS) is 10.2. The number of Topliss-reactive ketones (excluding diaryl/α,β-unsaturated/α-hetero) is 1. The highest BCUT2D eigenvalue weighted by Crippen LogP contribution is 2.16. The van der Waals surface area contributed by atoms with E-state index in [1.807, 2.05) is 13.1 Å². The number of benzene rings is 1. The molecule has 0 saturated carbocycles. The van der Waals surface area contributed by atoms with E-state index in [-0.39, 0.29) is 11.7 Å². The van der Waals surface area contributed by atoms with Crippen LogP contribution in [0.2, 0.25) is 0 Å². The van der Waals surface area contributed by atoms with Crippen molar-refractivity contribution < 1.29 is 9.59 Å². The third-order valence-electron chi connectivity index (χ3n) is 2.83. The number of carbonyl (C=O) groups is 2. The Morgan fingerprint density at radius 3 is 2.67 bits per heavy atom. The van der Waals surface area contributed by atoms with Crippen LogP contribution in [0.3, 0.4) is 0 Å². The number of anilines is 1. The third kappa shape index (κ3) is 3.96. The Labute approximate surface area is 108 Å². The van der Waals surface area contributed by atoms with Crippen LogP contribution in [0.1, 0.15) is 30.1 Å². The Morgan fingerprint density at radius 1 is 1.33 bits per heavy atom. The summed E-state index contributed by atoms with van der Waals surface area (Å²) in [5, 5.41) is 3.01. The fourth-order valence-electron chi connectivity index (χ4n) is 1.66. The van der Waals surface area contributed by atoms with Gasteiger partial charge in [-0.15, -0.1) is 0 Å². The zero-order valence-corrected chi connectivity index (χ0v) is 11.2. The van der Waals surface area contributed by atoms with Gasteiger partial charge < -0.3 is 10.2 Å². The van der Waals surface area contributed by atoms with E-state index in [2.05, 4.69) is 5.32 Å². The average Bonchev–Trinajstić information content (AvgIpc) is 2.38. The Bertz CT molecular complexity index is 430. The molecule has 0 aliphatic heterocycles. The first-order valence-corrected chi connectivity index (χ1v) is 6.08. The summed E-state index contributed by atoms with van der Waals surface area (Å²) in [4.78, 5) is 24.8. The summed E-state index contributed by atoms with van der Waals surface area (Å²) in [6, 6.07) is 7.13. The number of hydrogen-bond acceptors (Lipinski definition) is 3. The molecule has 1 aromatic carbocycles. The van der Waals surface area contributed by atoms with E-state index in [4.69, 9.17) is 0 Å². The highest BCUT2D eigenvalue weighted by Gasteiger charge is 2.11. The Hall–Kier alpha value is -1.68. The quantitative estimate of drug-likeness (QED) is 0.617. The van der Waals surface area contributed by atoms with Crippen molar-refractivity contribution in [3.8, 4) is 0 Å². The van der Waals surface area contributed by atoms with Gasteiger partial charge in [0.15, 0.2) is 5.78 Å². The first-order valence-electron chi connectivity index (χ1n) is 6.08. The second-order valence-electron chi connectivity index (χ2n) is 4.27. The van der Waals surface area contributed by atoms with Crippen LogP contribution in [-0.2, 0) is 4.79 Å². The van der Waals surface area contributed by atoms with E-state index in [0.29, 0.717) is 12.0 Å². The minimum absolute atomic E-state index is 0.00730. The fourth-order valence-corrected chi connectivity index (χ4v) is 1.66. The molecule has 1 N–H and O–H groups in total. The molecule has 0 aromatic heterocycles. The molecule has 4 heteroatoms. The lowest BCUT2D eigenvalue weighted by atomic mass is 10.1. The summed E-state index contributed by atoms with van der Waals surface area (Å²) in [6.07, 6.45) is 1.31. The summed E-state index contributed by atoms with van der Waals surface area (Å²) in [6.45, 7) is 2.35. The Morgan fingerprint density at radius 2 is 2.06 bits per heavy atom. The molecule has 0 atom stereocenters. The van der Waals surface area contributed by atoms with Crippen LogP contribution >= 0.6 is 0 Å². The summed E-state index contributed by atoms with van der Waals surface area (Å²) in [7, 11) is 3.60. The monoisotopic (exact) mass is 248 g/mol. The van der Waals surface area contributed by atoms with Gasteiger partial charge in [0.1, 0.15) is 0 Å². The van der Waals surface area contributed by atoms with Crippen molar-refractivity contribution in [2.24, 2.45) is 0 Å². The van der Waals surface area contributed by atoms with Gasteiger partial charge in [0, 0.05) is 24.7 Å². The van der Waals surface area contributed by atoms with Crippen LogP contribution in [0.4, 0.5) is 5.69 Å². The molecule has 1 aromatic rings. The van der Waals surface area contributed by atoms with E-state index in [1.54, 1.807) is 30.1 Å². The highest BCUT2D eigenvalue weighted by molar-refractivity contribution is 5.97. The fraction of sp³-hybridized carbons (Fsp3) is 0.429. The van der Waals surface area contributed by atoms with Gasteiger partial charge in [0.05, 0.1) is 0 Å². The van der Waals surface area contributed by atoms with Gasteiger partial charge in [-0.05, 0) is 39.1 Å². The van der Waals surface area contributed by atoms with Crippen LogP contribution in [0.5, 0.6) is 0 Å². The molecule has 1 amide bonds. The molecule has 0 aliphatic carbocycles. The van der Waals surface area contributed by atoms with Crippen LogP contribution in [0, 0.1) is 0 Å². The predicted molar refractivity (Wildman–Crippen MR) is 73.0 cm³/mol. The van der Waals surface area contributed by atoms with Crippen molar-refractivity contribution >= 4 is 17.4 Å². The number of hydrogen-bond donors (Lipinski definition) is 1. The van der Waals surface area contributed by atoms with E-state index >= 15 is 0 Å². The van der Waals surface area contributed by atoms with Gasteiger partial charge in [0.25, 0.3) is 0 Å². The maximum atomic E-state index is 11.9. The second kappa shape index (κ2) is 6.91. The molecule has 1 rings (SSSR count). The van der Waals surface area contributed by atoms with Crippen molar-refractivity contribution in [3.63, 3.8) is 0 Å². The number of amides is 1. The van der Waals surface area contributed by atoms with Crippen LogP contribution in [0.15, 0.2) is 24.3 Å². The number of nitrogens with one attached hydrogen (secondary N) is 1. The van der Waals surface area contributed by atoms with Crippen LogP contribution in [0.25, 0.3) is 0 Å². The molecule has 18 heavy (non-hydrogen) atoms. The first kappa shape index (κ1) is 14.4. The second-order valence-corrected chi connectivity index (χ2v) is 4.27. The predicted octanol–water partition coefficient (Wildman–Crippen LogP) is 1.85. The van der Waals surface area contributed by atoms with Crippen molar-refractivity contribution in [1.82, 2.24) is 5.32 Å². The number of ketones is 1. The number of rotatable bonds is 6. The third-order valence-corrected chi connectivity index (χ3v) is 2.83. The Kier molecular flexibility index (Phi) is 5.52. The van der Waals surface area contributed by atoms with Crippen molar-refractivity contribution in [1.29, 1.82) is 0 Å². The lowest BCUT2D eigenvalue weighted by molar-refractivity contribution is -0.118. The van der Waals surface area contributed by atoms with Crippen molar-refractivity contribution in [3.05, 3.63) is 29.8 Å². The van der Waals surface area contributed by atoms with Gasteiger partial charge >= 0.3 is 0 Å². The number of carbonyl (C=O) groups excluding carboxylic acids is 2. The first-order chi connectivity index (χ1) is 8.56. The molecule has 0 heterocycles. The zero-order valence-electron chi connectivity index (χ0n) is 11.2. The minimum Gasteiger partial charge on any atom is -0.320 e. The molecule has 0 saturated heterocycles. The summed E-state index contributed by atoms with van der Waals surface area (Å²) < 4.78 is 0. The van der Waals surface area contributed by atoms with E-state index < -0.39 is 0 Å². The summed E-state index contributed by atoms with van der Waals surface area (Å²) in [5.74, 6) is 0.0684. The minimum atomic E-state index is 0.00730. The van der Waals surface area contributed by atoms with Crippen molar-refractivity contribution in [2.75, 3.05) is 25.5 Å². The van der Waals surface area contributed by atoms with Gasteiger partial charge in [-0.2, -0.15) is 0 Å². The standard InChI is InChI=1S/C14H20N2O2/c1-11(17)12-6-4-7-13(10-12)16(3)14(18)8-5-9-15-2/h4,6-7,10,15H,5,8-9H2,1-3H3. The molecular formula is C14H20N2O2. The van der Waals surface area contributed by atoms with Crippen LogP contribution in [-0.4, -0.2) is 32.3 Å². The Balaban J connectivity index is 2.71. The lowest BCUT2D eigenvalue weighted by Gasteiger charge is -2.17. The van der Waals surface area contributed by atoms with Gasteiger partial charge in [-0.1, -0.05) is 12.1 Å². The van der Waals surface area contributed by atoms with Gasteiger partial charge in [-0.3, -0.25) is 9.59 Å². The molecule has 0 aliphatic rings. The maximum absolute atomic E-state index is 11.9. The zero-order chi connectivity index (χ0) is 13.5. The lowest BCUT2D eigenvalue weighted by Crippen LogP contribution is -2.26. The van der Waals surface area contributed by atoms with Gasteiger partial charge in [0.2, 0.25) is 5.91 Å². The molecule has 0 spiro atoms. The largest absolute Gasteiger partial charge is 0.320 e. The average molecular weight is 248 g/mol. The maximum Gasteiger partial charge on any atom is 0.226 e. The van der Waals surface area contributed by atoms with Crippen molar-refractivity contribution in [2.45, 2.75) is 19.8 Å². The molecule has 4 nitrogen and oxygen atoms in total. The van der Waals surface area contributed by atoms with Gasteiger partial charge in [-0.25, -0.2) is 0 Å². The molecule has 98 valence electrons. The number of nitrogens with zero attached hydrogens (tertiary/aromatic N) is 1. The van der Waals surface area contributed by atoms with Crippen LogP contribution < -0.4 is 10.2 Å². The molecular weight excluding hydrogens is 228 g/mol. The SMILES string of the molecule is CNCCCC(=O)N(C)c1cccc(C(C)=O)c1. The molecule has 0 unspecified atom stereocenters. The van der Waals surface area contributed by atoms with E-state index in [1.165, 1.54) is 6.92 Å².